The minimum absolute atomic E-state index is 0.0594. The van der Waals surface area contributed by atoms with Crippen molar-refractivity contribution in [1.82, 2.24) is 20.0 Å². The summed E-state index contributed by atoms with van der Waals surface area (Å²) >= 11 is 0. The van der Waals surface area contributed by atoms with E-state index in [1.807, 2.05) is 31.2 Å². The third-order valence-electron chi connectivity index (χ3n) is 7.08. The number of carbonyl (C=O) groups excluding carboxylic acids is 1. The van der Waals surface area contributed by atoms with Crippen LogP contribution in [0.3, 0.4) is 0 Å². The lowest BCUT2D eigenvalue weighted by molar-refractivity contribution is -0.126. The lowest BCUT2D eigenvalue weighted by atomic mass is 9.85. The first kappa shape index (κ1) is 25.9. The molecule has 1 amide bonds. The summed E-state index contributed by atoms with van der Waals surface area (Å²) in [7, 11) is -3.73. The van der Waals surface area contributed by atoms with Crippen molar-refractivity contribution >= 4 is 26.8 Å². The summed E-state index contributed by atoms with van der Waals surface area (Å²) in [6.07, 6.45) is 5.77. The molecular weight excluding hydrogens is 503 g/mol. The Labute approximate surface area is 221 Å². The van der Waals surface area contributed by atoms with Crippen LogP contribution >= 0.6 is 0 Å². The molecule has 1 fully saturated rings. The number of amides is 1. The topological polar surface area (TPSA) is 101 Å². The van der Waals surface area contributed by atoms with Crippen LogP contribution in [0, 0.1) is 11.7 Å². The number of pyridine rings is 2. The monoisotopic (exact) mass is 532 g/mol. The number of hydrogen-bond acceptors (Lipinski definition) is 5. The summed E-state index contributed by atoms with van der Waals surface area (Å²) in [5.41, 5.74) is 3.20. The van der Waals surface area contributed by atoms with Crippen LogP contribution in [0.25, 0.3) is 22.2 Å². The zero-order valence-electron chi connectivity index (χ0n) is 21.0. The quantitative estimate of drug-likeness (QED) is 0.343. The van der Waals surface area contributed by atoms with Gasteiger partial charge in [-0.05, 0) is 86.7 Å². The van der Waals surface area contributed by atoms with Crippen LogP contribution in [0.4, 0.5) is 4.39 Å². The van der Waals surface area contributed by atoms with Crippen molar-refractivity contribution < 1.29 is 17.6 Å². The second-order valence-electron chi connectivity index (χ2n) is 9.74. The first-order valence-electron chi connectivity index (χ1n) is 12.7. The van der Waals surface area contributed by atoms with Crippen LogP contribution in [0.1, 0.15) is 44.2 Å². The van der Waals surface area contributed by atoms with E-state index in [1.54, 1.807) is 42.7 Å². The molecule has 0 saturated heterocycles. The average Bonchev–Trinajstić information content (AvgIpc) is 2.93. The van der Waals surface area contributed by atoms with Gasteiger partial charge >= 0.3 is 0 Å². The van der Waals surface area contributed by atoms with Gasteiger partial charge in [-0.15, -0.1) is 0 Å². The maximum atomic E-state index is 13.2. The average molecular weight is 533 g/mol. The highest BCUT2D eigenvalue weighted by Gasteiger charge is 2.30. The van der Waals surface area contributed by atoms with E-state index >= 15 is 0 Å². The third-order valence-corrected chi connectivity index (χ3v) is 8.59. The second-order valence-corrected chi connectivity index (χ2v) is 11.5. The van der Waals surface area contributed by atoms with E-state index < -0.39 is 10.0 Å². The third kappa shape index (κ3) is 5.89. The van der Waals surface area contributed by atoms with Crippen molar-refractivity contribution in [2.24, 2.45) is 5.92 Å². The van der Waals surface area contributed by atoms with E-state index in [4.69, 9.17) is 0 Å². The van der Waals surface area contributed by atoms with E-state index in [-0.39, 0.29) is 34.6 Å². The molecule has 0 spiro atoms. The minimum atomic E-state index is -3.73. The number of fused-ring (bicyclic) bond motifs is 1. The van der Waals surface area contributed by atoms with E-state index in [1.165, 1.54) is 12.1 Å². The molecule has 0 radical (unpaired) electrons. The Morgan fingerprint density at radius 3 is 2.47 bits per heavy atom. The van der Waals surface area contributed by atoms with Crippen LogP contribution in [0.15, 0.2) is 84.0 Å². The van der Waals surface area contributed by atoms with Crippen LogP contribution in [0.2, 0.25) is 0 Å². The van der Waals surface area contributed by atoms with Crippen molar-refractivity contribution in [3.63, 3.8) is 0 Å². The number of sulfonamides is 1. The molecular formula is C29H29FN4O3S. The number of nitrogens with one attached hydrogen (secondary N) is 2. The molecule has 1 atom stereocenters. The normalized spacial score (nSPS) is 18.7. The van der Waals surface area contributed by atoms with Crippen molar-refractivity contribution in [3.8, 4) is 11.3 Å². The van der Waals surface area contributed by atoms with Crippen LogP contribution < -0.4 is 10.0 Å². The highest BCUT2D eigenvalue weighted by molar-refractivity contribution is 7.89. The lowest BCUT2D eigenvalue weighted by Gasteiger charge is -2.29. The molecule has 2 heterocycles. The zero-order chi connectivity index (χ0) is 26.7. The van der Waals surface area contributed by atoms with Gasteiger partial charge in [0, 0.05) is 35.3 Å². The number of carbonyl (C=O) groups is 1. The summed E-state index contributed by atoms with van der Waals surface area (Å²) < 4.78 is 42.2. The van der Waals surface area contributed by atoms with Crippen molar-refractivity contribution in [3.05, 3.63) is 90.5 Å². The molecule has 9 heteroatoms. The summed E-state index contributed by atoms with van der Waals surface area (Å²) in [4.78, 5) is 21.7. The van der Waals surface area contributed by atoms with Gasteiger partial charge in [0.15, 0.2) is 0 Å². The first-order chi connectivity index (χ1) is 18.3. The maximum absolute atomic E-state index is 13.2. The number of halogens is 1. The number of benzene rings is 2. The SMILES string of the molecule is C[C@@H](NC(=O)[C@H]1CC[C@H](NS(=O)(=O)c2ccc3nc(-c4cccnc4)ccc3c2)CC1)c1ccc(F)cc1. The van der Waals surface area contributed by atoms with Gasteiger partial charge < -0.3 is 5.32 Å². The summed E-state index contributed by atoms with van der Waals surface area (Å²) in [6, 6.07) is 18.0. The van der Waals surface area contributed by atoms with Gasteiger partial charge in [-0.3, -0.25) is 9.78 Å². The molecule has 1 saturated carbocycles. The van der Waals surface area contributed by atoms with Crippen molar-refractivity contribution in [2.75, 3.05) is 0 Å². The number of aromatic nitrogens is 2. The number of rotatable bonds is 7. The molecule has 7 nitrogen and oxygen atoms in total. The van der Waals surface area contributed by atoms with E-state index in [0.717, 1.165) is 22.2 Å². The van der Waals surface area contributed by atoms with Crippen molar-refractivity contribution in [2.45, 2.75) is 49.6 Å². The van der Waals surface area contributed by atoms with Gasteiger partial charge in [0.25, 0.3) is 0 Å². The summed E-state index contributed by atoms with van der Waals surface area (Å²) in [5, 5.41) is 3.73. The smallest absolute Gasteiger partial charge is 0.240 e. The molecule has 0 aliphatic heterocycles. The van der Waals surface area contributed by atoms with Gasteiger partial charge in [0.05, 0.1) is 22.1 Å². The molecule has 196 valence electrons. The molecule has 38 heavy (non-hydrogen) atoms. The molecule has 2 aromatic carbocycles. The summed E-state index contributed by atoms with van der Waals surface area (Å²) in [6.45, 7) is 1.86. The Bertz CT molecular complexity index is 1540. The molecule has 2 N–H and O–H groups in total. The van der Waals surface area contributed by atoms with E-state index in [0.29, 0.717) is 31.2 Å². The van der Waals surface area contributed by atoms with Gasteiger partial charge in [-0.1, -0.05) is 18.2 Å². The minimum Gasteiger partial charge on any atom is -0.349 e. The fourth-order valence-corrected chi connectivity index (χ4v) is 6.21. The first-order valence-corrected chi connectivity index (χ1v) is 14.2. The Balaban J connectivity index is 1.19. The second kappa shape index (κ2) is 11.0. The van der Waals surface area contributed by atoms with Crippen LogP contribution in [0.5, 0.6) is 0 Å². The highest BCUT2D eigenvalue weighted by Crippen LogP contribution is 2.28. The standard InChI is InChI=1S/C29H29FN4O3S/c1-19(20-4-9-24(30)10-5-20)32-29(35)21-6-11-25(12-7-21)34-38(36,37)26-13-15-27-22(17-26)8-14-28(33-27)23-3-2-16-31-18-23/h2-5,8-10,13-19,21,25,34H,6-7,11-12H2,1H3,(H,32,35)/t19-,21-,25-/m1/s1. The maximum Gasteiger partial charge on any atom is 0.240 e. The predicted molar refractivity (Wildman–Crippen MR) is 144 cm³/mol. The Morgan fingerprint density at radius 1 is 1.00 bits per heavy atom. The molecule has 1 aliphatic rings. The fraction of sp³-hybridized carbons (Fsp3) is 0.276. The molecule has 5 rings (SSSR count). The van der Waals surface area contributed by atoms with Crippen molar-refractivity contribution in [1.29, 1.82) is 0 Å². The predicted octanol–water partition coefficient (Wildman–Crippen LogP) is 5.15. The molecule has 1 aliphatic carbocycles. The molecule has 4 aromatic rings. The molecule has 2 aromatic heterocycles. The number of hydrogen-bond donors (Lipinski definition) is 2. The van der Waals surface area contributed by atoms with Gasteiger partial charge in [0.2, 0.25) is 15.9 Å². The molecule has 0 unspecified atom stereocenters. The van der Waals surface area contributed by atoms with Gasteiger partial charge in [-0.25, -0.2) is 22.5 Å². The Kier molecular flexibility index (Phi) is 7.49. The van der Waals surface area contributed by atoms with Crippen LogP contribution in [-0.2, 0) is 14.8 Å². The number of nitrogens with zero attached hydrogens (tertiary/aromatic N) is 2. The molecule has 0 bridgehead atoms. The van der Waals surface area contributed by atoms with E-state index in [2.05, 4.69) is 20.0 Å². The summed E-state index contributed by atoms with van der Waals surface area (Å²) in [5.74, 6) is -0.557. The van der Waals surface area contributed by atoms with Gasteiger partial charge in [0.1, 0.15) is 5.82 Å². The van der Waals surface area contributed by atoms with Gasteiger partial charge in [-0.2, -0.15) is 0 Å². The Morgan fingerprint density at radius 2 is 1.76 bits per heavy atom. The Hall–Kier alpha value is -3.69. The van der Waals surface area contributed by atoms with Crippen LogP contribution in [-0.4, -0.2) is 30.3 Å². The fourth-order valence-electron chi connectivity index (χ4n) is 4.87. The highest BCUT2D eigenvalue weighted by atomic mass is 32.2. The lowest BCUT2D eigenvalue weighted by Crippen LogP contribution is -2.41. The zero-order valence-corrected chi connectivity index (χ0v) is 21.8. The largest absolute Gasteiger partial charge is 0.349 e. The van der Waals surface area contributed by atoms with E-state index in [9.17, 15) is 17.6 Å².